The summed E-state index contributed by atoms with van der Waals surface area (Å²) in [5.41, 5.74) is 7.48. The zero-order valence-corrected chi connectivity index (χ0v) is 14.3. The number of anilines is 2. The van der Waals surface area contributed by atoms with E-state index in [-0.39, 0.29) is 17.8 Å². The van der Waals surface area contributed by atoms with Gasteiger partial charge in [0.15, 0.2) is 0 Å². The number of nitriles is 1. The quantitative estimate of drug-likeness (QED) is 0.732. The second kappa shape index (κ2) is 6.26. The van der Waals surface area contributed by atoms with E-state index in [9.17, 15) is 9.65 Å². The van der Waals surface area contributed by atoms with Crippen LogP contribution in [0.3, 0.4) is 0 Å². The number of rotatable bonds is 5. The van der Waals surface area contributed by atoms with Gasteiger partial charge in [0.25, 0.3) is 0 Å². The lowest BCUT2D eigenvalue weighted by Crippen LogP contribution is -2.16. The molecule has 1 aliphatic carbocycles. The number of benzene rings is 1. The van der Waals surface area contributed by atoms with Crippen molar-refractivity contribution >= 4 is 22.8 Å². The molecule has 26 heavy (non-hydrogen) atoms. The molecule has 0 bridgehead atoms. The summed E-state index contributed by atoms with van der Waals surface area (Å²) in [5.74, 6) is 1.55. The van der Waals surface area contributed by atoms with E-state index in [0.29, 0.717) is 22.8 Å². The number of imidazole rings is 1. The average Bonchev–Trinajstić information content (AvgIpc) is 3.36. The van der Waals surface area contributed by atoms with E-state index in [2.05, 4.69) is 30.9 Å². The molecule has 0 radical (unpaired) electrons. The number of halogens is 1. The zero-order valence-electron chi connectivity index (χ0n) is 14.3. The molecule has 1 fully saturated rings. The predicted octanol–water partition coefficient (Wildman–Crippen LogP) is 3.00. The normalized spacial score (nSPS) is 15.0. The zero-order chi connectivity index (χ0) is 18.3. The van der Waals surface area contributed by atoms with E-state index in [1.54, 1.807) is 6.07 Å². The molecule has 8 heteroatoms. The fourth-order valence-electron chi connectivity index (χ4n) is 3.06. The van der Waals surface area contributed by atoms with E-state index in [4.69, 9.17) is 5.73 Å². The number of hydrogen-bond acceptors (Lipinski definition) is 6. The SMILES string of the molecule is C[C@H](Nc1nc(N)ncc1C#N)c1nc2cc(F)ccc2n1CC1CC1. The minimum Gasteiger partial charge on any atom is -0.368 e. The van der Waals surface area contributed by atoms with Crippen LogP contribution in [-0.4, -0.2) is 19.5 Å². The Morgan fingerprint density at radius 2 is 2.23 bits per heavy atom. The monoisotopic (exact) mass is 351 g/mol. The molecule has 0 saturated heterocycles. The van der Waals surface area contributed by atoms with Gasteiger partial charge in [-0.25, -0.2) is 14.4 Å². The molecule has 0 unspecified atom stereocenters. The van der Waals surface area contributed by atoms with E-state index >= 15 is 0 Å². The van der Waals surface area contributed by atoms with E-state index in [1.165, 1.54) is 31.2 Å². The lowest BCUT2D eigenvalue weighted by molar-refractivity contribution is 0.592. The molecule has 3 aromatic rings. The van der Waals surface area contributed by atoms with Gasteiger partial charge in [0, 0.05) is 12.6 Å². The van der Waals surface area contributed by atoms with Crippen molar-refractivity contribution in [3.8, 4) is 6.07 Å². The van der Waals surface area contributed by atoms with Crippen LogP contribution in [0, 0.1) is 23.1 Å². The number of nitrogens with one attached hydrogen (secondary N) is 1. The number of hydrogen-bond donors (Lipinski definition) is 2. The second-order valence-corrected chi connectivity index (χ2v) is 6.63. The van der Waals surface area contributed by atoms with Gasteiger partial charge in [0.1, 0.15) is 29.1 Å². The van der Waals surface area contributed by atoms with Crippen molar-refractivity contribution in [3.05, 3.63) is 41.6 Å². The summed E-state index contributed by atoms with van der Waals surface area (Å²) >= 11 is 0. The Morgan fingerprint density at radius 1 is 1.42 bits per heavy atom. The minimum atomic E-state index is -0.309. The van der Waals surface area contributed by atoms with Crippen LogP contribution in [0.15, 0.2) is 24.4 Å². The van der Waals surface area contributed by atoms with Gasteiger partial charge in [0.2, 0.25) is 5.95 Å². The number of nitrogens with zero attached hydrogens (tertiary/aromatic N) is 5. The highest BCUT2D eigenvalue weighted by Crippen LogP contribution is 2.34. The van der Waals surface area contributed by atoms with Crippen molar-refractivity contribution in [1.29, 1.82) is 5.26 Å². The van der Waals surface area contributed by atoms with Crippen LogP contribution >= 0.6 is 0 Å². The maximum atomic E-state index is 13.6. The summed E-state index contributed by atoms with van der Waals surface area (Å²) in [5, 5.41) is 12.4. The maximum Gasteiger partial charge on any atom is 0.222 e. The Labute approximate surface area is 149 Å². The fraction of sp³-hybridized carbons (Fsp3) is 0.333. The van der Waals surface area contributed by atoms with Crippen molar-refractivity contribution in [2.45, 2.75) is 32.4 Å². The number of nitrogens with two attached hydrogens (primary N) is 1. The smallest absolute Gasteiger partial charge is 0.222 e. The van der Waals surface area contributed by atoms with Gasteiger partial charge in [-0.3, -0.25) is 0 Å². The highest BCUT2D eigenvalue weighted by molar-refractivity contribution is 5.76. The molecule has 1 aliphatic rings. The summed E-state index contributed by atoms with van der Waals surface area (Å²) < 4.78 is 15.7. The number of aromatic nitrogens is 4. The Hall–Kier alpha value is -3.21. The average molecular weight is 351 g/mol. The number of nitrogen functional groups attached to an aromatic ring is 1. The second-order valence-electron chi connectivity index (χ2n) is 6.63. The van der Waals surface area contributed by atoms with Crippen molar-refractivity contribution in [3.63, 3.8) is 0 Å². The minimum absolute atomic E-state index is 0.0901. The van der Waals surface area contributed by atoms with Crippen molar-refractivity contribution in [2.24, 2.45) is 5.92 Å². The van der Waals surface area contributed by atoms with Gasteiger partial charge in [-0.05, 0) is 37.8 Å². The molecule has 1 atom stereocenters. The fourth-order valence-corrected chi connectivity index (χ4v) is 3.06. The van der Waals surface area contributed by atoms with Crippen LogP contribution in [0.1, 0.15) is 37.2 Å². The molecule has 2 aromatic heterocycles. The van der Waals surface area contributed by atoms with E-state index < -0.39 is 0 Å². The van der Waals surface area contributed by atoms with Gasteiger partial charge < -0.3 is 15.6 Å². The Bertz CT molecular complexity index is 1020. The molecule has 2 heterocycles. The first-order chi connectivity index (χ1) is 12.5. The largest absolute Gasteiger partial charge is 0.368 e. The summed E-state index contributed by atoms with van der Waals surface area (Å²) in [6.07, 6.45) is 3.78. The third kappa shape index (κ3) is 3.04. The van der Waals surface area contributed by atoms with Crippen LogP contribution in [0.2, 0.25) is 0 Å². The summed E-state index contributed by atoms with van der Waals surface area (Å²) in [6, 6.07) is 6.46. The first kappa shape index (κ1) is 16.3. The molecule has 0 spiro atoms. The van der Waals surface area contributed by atoms with Gasteiger partial charge in [-0.15, -0.1) is 0 Å². The molecule has 0 amide bonds. The maximum absolute atomic E-state index is 13.6. The molecular formula is C18H18FN7. The highest BCUT2D eigenvalue weighted by atomic mass is 19.1. The van der Waals surface area contributed by atoms with Crippen molar-refractivity contribution < 1.29 is 4.39 Å². The molecule has 4 rings (SSSR count). The molecule has 0 aliphatic heterocycles. The Balaban J connectivity index is 1.73. The third-order valence-electron chi connectivity index (χ3n) is 4.55. The van der Waals surface area contributed by atoms with E-state index in [1.807, 2.05) is 6.92 Å². The third-order valence-corrected chi connectivity index (χ3v) is 4.55. The van der Waals surface area contributed by atoms with Crippen LogP contribution in [0.5, 0.6) is 0 Å². The standard InChI is InChI=1S/C18H18FN7/c1-10(23-16-12(7-20)8-22-18(21)25-16)17-24-14-6-13(19)4-5-15(14)26(17)9-11-2-3-11/h4-6,8,10-11H,2-3,9H2,1H3,(H3,21,22,23,25)/t10-/m0/s1. The summed E-state index contributed by atoms with van der Waals surface area (Å²) in [6.45, 7) is 2.78. The first-order valence-electron chi connectivity index (χ1n) is 8.50. The molecule has 1 saturated carbocycles. The highest BCUT2D eigenvalue weighted by Gasteiger charge is 2.26. The van der Waals surface area contributed by atoms with Crippen LogP contribution < -0.4 is 11.1 Å². The molecule has 3 N–H and O–H groups in total. The summed E-state index contributed by atoms with van der Waals surface area (Å²) in [4.78, 5) is 12.6. The van der Waals surface area contributed by atoms with E-state index in [0.717, 1.165) is 17.9 Å². The van der Waals surface area contributed by atoms with Crippen LogP contribution in [0.25, 0.3) is 11.0 Å². The van der Waals surface area contributed by atoms with Gasteiger partial charge in [-0.1, -0.05) is 0 Å². The Kier molecular flexibility index (Phi) is 3.92. The molecule has 132 valence electrons. The Morgan fingerprint density at radius 3 is 2.96 bits per heavy atom. The lowest BCUT2D eigenvalue weighted by atomic mass is 10.2. The number of fused-ring (bicyclic) bond motifs is 1. The van der Waals surface area contributed by atoms with Gasteiger partial charge >= 0.3 is 0 Å². The topological polar surface area (TPSA) is 105 Å². The lowest BCUT2D eigenvalue weighted by Gasteiger charge is -2.17. The predicted molar refractivity (Wildman–Crippen MR) is 95.6 cm³/mol. The molecular weight excluding hydrogens is 333 g/mol. The van der Waals surface area contributed by atoms with Crippen LogP contribution in [0.4, 0.5) is 16.2 Å². The van der Waals surface area contributed by atoms with Crippen molar-refractivity contribution in [2.75, 3.05) is 11.1 Å². The van der Waals surface area contributed by atoms with Gasteiger partial charge in [0.05, 0.1) is 23.3 Å². The molecule has 1 aromatic carbocycles. The first-order valence-corrected chi connectivity index (χ1v) is 8.50. The van der Waals surface area contributed by atoms with Crippen molar-refractivity contribution in [1.82, 2.24) is 19.5 Å². The molecule has 7 nitrogen and oxygen atoms in total. The summed E-state index contributed by atoms with van der Waals surface area (Å²) in [7, 11) is 0. The van der Waals surface area contributed by atoms with Crippen LogP contribution in [-0.2, 0) is 6.54 Å². The van der Waals surface area contributed by atoms with Gasteiger partial charge in [-0.2, -0.15) is 10.2 Å².